The summed E-state index contributed by atoms with van der Waals surface area (Å²) in [6.07, 6.45) is 1.76. The van der Waals surface area contributed by atoms with Crippen LogP contribution in [0.15, 0.2) is 59.5 Å². The molecule has 3 aromatic rings. The number of thioether (sulfide) groups is 1. The normalized spacial score (nSPS) is 11.9. The summed E-state index contributed by atoms with van der Waals surface area (Å²) in [7, 11) is 0. The molecule has 1 heterocycles. The van der Waals surface area contributed by atoms with E-state index in [2.05, 4.69) is 27.4 Å². The fourth-order valence-corrected chi connectivity index (χ4v) is 4.16. The van der Waals surface area contributed by atoms with E-state index in [0.717, 1.165) is 25.9 Å². The van der Waals surface area contributed by atoms with Gasteiger partial charge in [-0.2, -0.15) is 0 Å². The number of rotatable bonds is 7. The molecular weight excluding hydrogens is 352 g/mol. The number of anilines is 2. The summed E-state index contributed by atoms with van der Waals surface area (Å²) in [5.41, 5.74) is 0.821. The molecule has 0 saturated carbocycles. The molecule has 7 heteroatoms. The second kappa shape index (κ2) is 8.13. The van der Waals surface area contributed by atoms with Gasteiger partial charge in [-0.05, 0) is 18.4 Å². The monoisotopic (exact) mass is 370 g/mol. The maximum atomic E-state index is 12.5. The summed E-state index contributed by atoms with van der Waals surface area (Å²) >= 11 is 2.83. The zero-order valence-electron chi connectivity index (χ0n) is 13.7. The van der Waals surface area contributed by atoms with Crippen LogP contribution in [0.5, 0.6) is 0 Å². The van der Waals surface area contributed by atoms with E-state index in [1.807, 2.05) is 49.4 Å². The number of nitrogens with zero attached hydrogens (tertiary/aromatic N) is 2. The maximum Gasteiger partial charge on any atom is 0.237 e. The van der Waals surface area contributed by atoms with Gasteiger partial charge in [-0.3, -0.25) is 4.79 Å². The van der Waals surface area contributed by atoms with Gasteiger partial charge in [0.15, 0.2) is 4.34 Å². The number of aromatic nitrogens is 2. The van der Waals surface area contributed by atoms with E-state index in [-0.39, 0.29) is 11.2 Å². The van der Waals surface area contributed by atoms with Gasteiger partial charge in [-0.15, -0.1) is 16.8 Å². The Morgan fingerprint density at radius 2 is 2.08 bits per heavy atom. The Bertz CT molecular complexity index is 888. The molecule has 0 bridgehead atoms. The molecule has 0 spiro atoms. The molecule has 1 unspecified atom stereocenters. The first-order valence-electron chi connectivity index (χ1n) is 7.81. The van der Waals surface area contributed by atoms with Crippen molar-refractivity contribution in [2.24, 2.45) is 0 Å². The highest BCUT2D eigenvalue weighted by Crippen LogP contribution is 2.30. The van der Waals surface area contributed by atoms with Crippen LogP contribution in [0.25, 0.3) is 10.8 Å². The standard InChI is InChI=1S/C18H18N4OS2/c1-3-11-19-17-21-22-18(25-17)24-12(2)16(23)20-15-10-6-8-13-7-4-5-9-14(13)15/h3-10,12H,1,11H2,2H3,(H,19,21)(H,20,23). The van der Waals surface area contributed by atoms with Crippen LogP contribution in [0, 0.1) is 0 Å². The van der Waals surface area contributed by atoms with E-state index >= 15 is 0 Å². The van der Waals surface area contributed by atoms with Gasteiger partial charge < -0.3 is 10.6 Å². The minimum Gasteiger partial charge on any atom is -0.357 e. The Labute approximate surface area is 154 Å². The Balaban J connectivity index is 1.66. The van der Waals surface area contributed by atoms with Crippen molar-refractivity contribution in [3.63, 3.8) is 0 Å². The summed E-state index contributed by atoms with van der Waals surface area (Å²) < 4.78 is 0.757. The van der Waals surface area contributed by atoms with Crippen LogP contribution in [0.3, 0.4) is 0 Å². The molecule has 0 aliphatic rings. The molecule has 1 amide bonds. The highest BCUT2D eigenvalue weighted by molar-refractivity contribution is 8.02. The quantitative estimate of drug-likeness (QED) is 0.476. The Hall–Kier alpha value is -2.38. The van der Waals surface area contributed by atoms with Crippen LogP contribution >= 0.6 is 23.1 Å². The first-order valence-corrected chi connectivity index (χ1v) is 9.50. The average Bonchev–Trinajstić information content (AvgIpc) is 3.07. The van der Waals surface area contributed by atoms with Crippen LogP contribution in [0.1, 0.15) is 6.92 Å². The molecule has 0 aliphatic heterocycles. The van der Waals surface area contributed by atoms with Crippen LogP contribution in [0.2, 0.25) is 0 Å². The predicted octanol–water partition coefficient (Wildman–Crippen LogP) is 4.41. The summed E-state index contributed by atoms with van der Waals surface area (Å²) in [5, 5.41) is 16.8. The fourth-order valence-electron chi connectivity index (χ4n) is 2.26. The first kappa shape index (κ1) is 17.4. The van der Waals surface area contributed by atoms with Crippen molar-refractivity contribution >= 4 is 50.6 Å². The van der Waals surface area contributed by atoms with Crippen molar-refractivity contribution < 1.29 is 4.79 Å². The molecule has 0 radical (unpaired) electrons. The Morgan fingerprint density at radius 1 is 1.28 bits per heavy atom. The van der Waals surface area contributed by atoms with Gasteiger partial charge in [0.25, 0.3) is 0 Å². The molecule has 5 nitrogen and oxygen atoms in total. The van der Waals surface area contributed by atoms with Crippen molar-refractivity contribution in [2.75, 3.05) is 17.2 Å². The van der Waals surface area contributed by atoms with Gasteiger partial charge >= 0.3 is 0 Å². The third kappa shape index (κ3) is 4.37. The third-order valence-electron chi connectivity index (χ3n) is 3.50. The molecule has 0 aliphatic carbocycles. The first-order chi connectivity index (χ1) is 12.2. The number of benzene rings is 2. The van der Waals surface area contributed by atoms with Gasteiger partial charge in [0.05, 0.1) is 5.25 Å². The van der Waals surface area contributed by atoms with E-state index in [1.165, 1.54) is 23.1 Å². The summed E-state index contributed by atoms with van der Waals surface area (Å²) in [6, 6.07) is 13.9. The number of nitrogens with one attached hydrogen (secondary N) is 2. The van der Waals surface area contributed by atoms with Crippen molar-refractivity contribution in [1.29, 1.82) is 0 Å². The number of hydrogen-bond acceptors (Lipinski definition) is 6. The number of carbonyl (C=O) groups is 1. The van der Waals surface area contributed by atoms with E-state index in [9.17, 15) is 4.79 Å². The molecule has 0 fully saturated rings. The minimum absolute atomic E-state index is 0.0582. The van der Waals surface area contributed by atoms with Crippen molar-refractivity contribution in [2.45, 2.75) is 16.5 Å². The van der Waals surface area contributed by atoms with E-state index in [1.54, 1.807) is 6.08 Å². The SMILES string of the molecule is C=CCNc1nnc(SC(C)C(=O)Nc2cccc3ccccc23)s1. The van der Waals surface area contributed by atoms with Gasteiger partial charge in [0.1, 0.15) is 0 Å². The van der Waals surface area contributed by atoms with Crippen LogP contribution < -0.4 is 10.6 Å². The van der Waals surface area contributed by atoms with Gasteiger partial charge in [-0.1, -0.05) is 65.6 Å². The molecular formula is C18H18N4OS2. The lowest BCUT2D eigenvalue weighted by Gasteiger charge is -2.12. The third-order valence-corrected chi connectivity index (χ3v) is 5.56. The Morgan fingerprint density at radius 3 is 2.92 bits per heavy atom. The summed E-state index contributed by atoms with van der Waals surface area (Å²) in [6.45, 7) is 6.15. The number of amides is 1. The molecule has 0 saturated heterocycles. The van der Waals surface area contributed by atoms with Crippen LogP contribution in [-0.4, -0.2) is 27.9 Å². The fraction of sp³-hybridized carbons (Fsp3) is 0.167. The number of hydrogen-bond donors (Lipinski definition) is 2. The second-order valence-electron chi connectivity index (χ2n) is 5.32. The van der Waals surface area contributed by atoms with Gasteiger partial charge in [0, 0.05) is 17.6 Å². The molecule has 128 valence electrons. The molecule has 25 heavy (non-hydrogen) atoms. The topological polar surface area (TPSA) is 66.9 Å². The largest absolute Gasteiger partial charge is 0.357 e. The van der Waals surface area contributed by atoms with Crippen molar-refractivity contribution in [3.05, 3.63) is 55.1 Å². The number of fused-ring (bicyclic) bond motifs is 1. The predicted molar refractivity (Wildman–Crippen MR) is 106 cm³/mol. The van der Waals surface area contributed by atoms with Crippen LogP contribution in [0.4, 0.5) is 10.8 Å². The molecule has 3 rings (SSSR count). The lowest BCUT2D eigenvalue weighted by Crippen LogP contribution is -2.22. The van der Waals surface area contributed by atoms with Crippen molar-refractivity contribution in [1.82, 2.24) is 10.2 Å². The highest BCUT2D eigenvalue weighted by Gasteiger charge is 2.18. The van der Waals surface area contributed by atoms with E-state index < -0.39 is 0 Å². The van der Waals surface area contributed by atoms with Gasteiger partial charge in [0.2, 0.25) is 11.0 Å². The zero-order chi connectivity index (χ0) is 17.6. The zero-order valence-corrected chi connectivity index (χ0v) is 15.4. The van der Waals surface area contributed by atoms with Crippen molar-refractivity contribution in [3.8, 4) is 0 Å². The summed E-state index contributed by atoms with van der Waals surface area (Å²) in [5.74, 6) is -0.0582. The van der Waals surface area contributed by atoms with Crippen LogP contribution in [-0.2, 0) is 4.79 Å². The smallest absolute Gasteiger partial charge is 0.237 e. The Kier molecular flexibility index (Phi) is 5.67. The summed E-state index contributed by atoms with van der Waals surface area (Å²) in [4.78, 5) is 12.5. The molecule has 1 aromatic heterocycles. The lowest BCUT2D eigenvalue weighted by atomic mass is 10.1. The minimum atomic E-state index is -0.279. The lowest BCUT2D eigenvalue weighted by molar-refractivity contribution is -0.115. The molecule has 1 atom stereocenters. The van der Waals surface area contributed by atoms with Gasteiger partial charge in [-0.25, -0.2) is 0 Å². The van der Waals surface area contributed by atoms with E-state index in [0.29, 0.717) is 6.54 Å². The second-order valence-corrected chi connectivity index (χ2v) is 7.88. The molecule has 2 N–H and O–H groups in total. The molecule has 2 aromatic carbocycles. The highest BCUT2D eigenvalue weighted by atomic mass is 32.2. The average molecular weight is 371 g/mol. The van der Waals surface area contributed by atoms with E-state index in [4.69, 9.17) is 0 Å². The maximum absolute atomic E-state index is 12.5. The number of carbonyl (C=O) groups excluding carboxylic acids is 1.